The molecule has 0 aromatic heterocycles. The Morgan fingerprint density at radius 3 is 2.15 bits per heavy atom. The highest BCUT2D eigenvalue weighted by molar-refractivity contribution is 6.05. The van der Waals surface area contributed by atoms with Crippen molar-refractivity contribution in [1.82, 2.24) is 0 Å². The molecule has 1 N–H and O–H groups in total. The zero-order valence-electron chi connectivity index (χ0n) is 14.9. The van der Waals surface area contributed by atoms with Gasteiger partial charge in [0.05, 0.1) is 26.9 Å². The van der Waals surface area contributed by atoms with Gasteiger partial charge in [0.25, 0.3) is 0 Å². The molecular weight excluding hydrogens is 363 g/mol. The van der Waals surface area contributed by atoms with Crippen molar-refractivity contribution in [2.24, 2.45) is 0 Å². The first-order valence-corrected chi connectivity index (χ1v) is 7.74. The van der Waals surface area contributed by atoms with E-state index < -0.39 is 17.5 Å². The smallest absolute Gasteiger partial charge is 0.416 e. The minimum Gasteiger partial charge on any atom is -0.493 e. The van der Waals surface area contributed by atoms with E-state index in [-0.39, 0.29) is 11.3 Å². The molecule has 0 saturated carbocycles. The van der Waals surface area contributed by atoms with E-state index in [1.54, 1.807) is 0 Å². The van der Waals surface area contributed by atoms with Gasteiger partial charge in [0, 0.05) is 23.5 Å². The molecule has 0 amide bonds. The summed E-state index contributed by atoms with van der Waals surface area (Å²) >= 11 is 0. The number of alkyl halides is 3. The fourth-order valence-electron chi connectivity index (χ4n) is 2.32. The van der Waals surface area contributed by atoms with E-state index >= 15 is 0 Å². The molecule has 0 aliphatic rings. The van der Waals surface area contributed by atoms with E-state index in [0.717, 1.165) is 12.1 Å². The van der Waals surface area contributed by atoms with Crippen molar-refractivity contribution in [2.45, 2.75) is 6.18 Å². The lowest BCUT2D eigenvalue weighted by Gasteiger charge is -2.13. The van der Waals surface area contributed by atoms with Crippen LogP contribution in [0.15, 0.2) is 48.7 Å². The van der Waals surface area contributed by atoms with Gasteiger partial charge in [-0.1, -0.05) is 6.07 Å². The fraction of sp³-hybridized carbons (Fsp3) is 0.211. The molecule has 0 aliphatic heterocycles. The van der Waals surface area contributed by atoms with Crippen LogP contribution in [0.4, 0.5) is 18.9 Å². The van der Waals surface area contributed by atoms with Gasteiger partial charge in [0.2, 0.25) is 5.75 Å². The number of ether oxygens (including phenoxy) is 3. The molecule has 0 bridgehead atoms. The number of allylic oxidation sites excluding steroid dienone is 1. The van der Waals surface area contributed by atoms with Crippen LogP contribution in [0.25, 0.3) is 0 Å². The van der Waals surface area contributed by atoms with Crippen molar-refractivity contribution in [3.63, 3.8) is 0 Å². The van der Waals surface area contributed by atoms with Crippen LogP contribution in [0.3, 0.4) is 0 Å². The van der Waals surface area contributed by atoms with Crippen molar-refractivity contribution in [3.05, 3.63) is 59.8 Å². The minimum absolute atomic E-state index is 0.207. The highest BCUT2D eigenvalue weighted by atomic mass is 19.4. The summed E-state index contributed by atoms with van der Waals surface area (Å²) in [6.07, 6.45) is -1.98. The second-order valence-corrected chi connectivity index (χ2v) is 5.33. The molecule has 0 spiro atoms. The molecular formula is C19H18F3NO4. The summed E-state index contributed by atoms with van der Waals surface area (Å²) in [6.45, 7) is 0. The van der Waals surface area contributed by atoms with Crippen LogP contribution in [0, 0.1) is 0 Å². The quantitative estimate of drug-likeness (QED) is 0.564. The first-order valence-electron chi connectivity index (χ1n) is 7.74. The van der Waals surface area contributed by atoms with Crippen LogP contribution in [-0.2, 0) is 6.18 Å². The lowest BCUT2D eigenvalue weighted by atomic mass is 10.1. The molecule has 5 nitrogen and oxygen atoms in total. The highest BCUT2D eigenvalue weighted by Gasteiger charge is 2.30. The molecule has 2 rings (SSSR count). The number of ketones is 1. The first-order chi connectivity index (χ1) is 12.8. The third-order valence-electron chi connectivity index (χ3n) is 3.62. The Balaban J connectivity index is 2.18. The van der Waals surface area contributed by atoms with Crippen molar-refractivity contribution < 1.29 is 32.2 Å². The molecule has 27 heavy (non-hydrogen) atoms. The van der Waals surface area contributed by atoms with E-state index in [1.807, 2.05) is 0 Å². The van der Waals surface area contributed by atoms with E-state index in [4.69, 9.17) is 14.2 Å². The molecule has 2 aromatic rings. The van der Waals surface area contributed by atoms with Gasteiger partial charge in [-0.3, -0.25) is 4.79 Å². The molecule has 0 fully saturated rings. The monoisotopic (exact) mass is 381 g/mol. The van der Waals surface area contributed by atoms with E-state index in [9.17, 15) is 18.0 Å². The van der Waals surface area contributed by atoms with Crippen molar-refractivity contribution >= 4 is 11.5 Å². The molecule has 0 atom stereocenters. The molecule has 0 aliphatic carbocycles. The maximum Gasteiger partial charge on any atom is 0.416 e. The second kappa shape index (κ2) is 8.48. The first kappa shape index (κ1) is 20.2. The fourth-order valence-corrected chi connectivity index (χ4v) is 2.32. The lowest BCUT2D eigenvalue weighted by molar-refractivity contribution is -0.137. The Labute approximate surface area is 154 Å². The van der Waals surface area contributed by atoms with Crippen LogP contribution in [0.1, 0.15) is 15.9 Å². The van der Waals surface area contributed by atoms with Crippen LogP contribution in [0.2, 0.25) is 0 Å². The lowest BCUT2D eigenvalue weighted by Crippen LogP contribution is -2.05. The summed E-state index contributed by atoms with van der Waals surface area (Å²) in [5.41, 5.74) is -0.304. The van der Waals surface area contributed by atoms with Crippen molar-refractivity contribution in [1.29, 1.82) is 0 Å². The van der Waals surface area contributed by atoms with Crippen LogP contribution in [0.5, 0.6) is 17.2 Å². The minimum atomic E-state index is -4.44. The summed E-state index contributed by atoms with van der Waals surface area (Å²) in [4.78, 5) is 12.3. The Hall–Kier alpha value is -3.16. The number of hydrogen-bond acceptors (Lipinski definition) is 5. The predicted octanol–water partition coefficient (Wildman–Crippen LogP) is 4.54. The Morgan fingerprint density at radius 2 is 1.63 bits per heavy atom. The maximum atomic E-state index is 12.7. The summed E-state index contributed by atoms with van der Waals surface area (Å²) in [5, 5.41) is 2.65. The van der Waals surface area contributed by atoms with Gasteiger partial charge in [-0.2, -0.15) is 13.2 Å². The van der Waals surface area contributed by atoms with E-state index in [1.165, 1.54) is 57.9 Å². The van der Waals surface area contributed by atoms with E-state index in [2.05, 4.69) is 5.32 Å². The number of halogens is 3. The Bertz CT molecular complexity index is 822. The molecule has 2 aromatic carbocycles. The number of anilines is 1. The zero-order chi connectivity index (χ0) is 20.0. The molecule has 0 saturated heterocycles. The average molecular weight is 381 g/mol. The average Bonchev–Trinajstić information content (AvgIpc) is 2.66. The number of nitrogens with one attached hydrogen (secondary N) is 1. The topological polar surface area (TPSA) is 56.8 Å². The highest BCUT2D eigenvalue weighted by Crippen LogP contribution is 2.38. The normalized spacial score (nSPS) is 11.3. The van der Waals surface area contributed by atoms with Crippen LogP contribution >= 0.6 is 0 Å². The van der Waals surface area contributed by atoms with Gasteiger partial charge >= 0.3 is 6.18 Å². The summed E-state index contributed by atoms with van der Waals surface area (Å²) in [6, 6.07) is 7.63. The molecule has 8 heteroatoms. The Kier molecular flexibility index (Phi) is 6.33. The van der Waals surface area contributed by atoms with Gasteiger partial charge in [-0.15, -0.1) is 0 Å². The molecule has 144 valence electrons. The number of carbonyl (C=O) groups excluding carboxylic acids is 1. The third kappa shape index (κ3) is 4.93. The molecule has 0 unspecified atom stereocenters. The van der Waals surface area contributed by atoms with Crippen molar-refractivity contribution in [3.8, 4) is 17.2 Å². The number of rotatable bonds is 7. The second-order valence-electron chi connectivity index (χ2n) is 5.33. The molecule has 0 radical (unpaired) electrons. The van der Waals surface area contributed by atoms with Gasteiger partial charge in [-0.05, 0) is 30.3 Å². The standard InChI is InChI=1S/C19H18F3NO4/c1-25-16-9-12(10-17(26-2)18(16)27-3)15(24)7-8-23-14-6-4-5-13(11-14)19(20,21)22/h4-11,23H,1-3H3/b8-7+. The molecule has 0 heterocycles. The summed E-state index contributed by atoms with van der Waals surface area (Å²) in [5.74, 6) is 0.593. The maximum absolute atomic E-state index is 12.7. The van der Waals surface area contributed by atoms with Crippen LogP contribution < -0.4 is 19.5 Å². The third-order valence-corrected chi connectivity index (χ3v) is 3.62. The van der Waals surface area contributed by atoms with Gasteiger partial charge in [-0.25, -0.2) is 0 Å². The van der Waals surface area contributed by atoms with Gasteiger partial charge in [0.15, 0.2) is 17.3 Å². The number of benzene rings is 2. The predicted molar refractivity (Wildman–Crippen MR) is 94.6 cm³/mol. The summed E-state index contributed by atoms with van der Waals surface area (Å²) in [7, 11) is 4.30. The van der Waals surface area contributed by atoms with E-state index in [0.29, 0.717) is 17.2 Å². The largest absolute Gasteiger partial charge is 0.493 e. The Morgan fingerprint density at radius 1 is 1.00 bits per heavy atom. The SMILES string of the molecule is COc1cc(C(=O)/C=C/Nc2cccc(C(F)(F)F)c2)cc(OC)c1OC. The van der Waals surface area contributed by atoms with Crippen molar-refractivity contribution in [2.75, 3.05) is 26.6 Å². The zero-order valence-corrected chi connectivity index (χ0v) is 14.9. The van der Waals surface area contributed by atoms with Gasteiger partial charge in [0.1, 0.15) is 0 Å². The summed E-state index contributed by atoms with van der Waals surface area (Å²) < 4.78 is 53.7. The van der Waals surface area contributed by atoms with Gasteiger partial charge < -0.3 is 19.5 Å². The number of carbonyl (C=O) groups is 1. The number of methoxy groups -OCH3 is 3. The van der Waals surface area contributed by atoms with Crippen LogP contribution in [-0.4, -0.2) is 27.1 Å². The number of hydrogen-bond donors (Lipinski definition) is 1.